The zero-order valence-electron chi connectivity index (χ0n) is 8.46. The van der Waals surface area contributed by atoms with Crippen LogP contribution in [0.4, 0.5) is 8.78 Å². The largest absolute Gasteiger partial charge is 0.502 e. The normalized spacial score (nSPS) is 11.8. The highest BCUT2D eigenvalue weighted by Crippen LogP contribution is 2.14. The molecule has 0 amide bonds. The molecule has 0 saturated carbocycles. The number of benzene rings is 1. The monoisotopic (exact) mass is 234 g/mol. The van der Waals surface area contributed by atoms with Crippen LogP contribution in [-0.2, 0) is 14.9 Å². The molecule has 0 spiro atoms. The molecule has 0 aliphatic heterocycles. The molecule has 0 bridgehead atoms. The Morgan fingerprint density at radius 1 is 1.13 bits per heavy atom. The minimum atomic E-state index is -3.32. The van der Waals surface area contributed by atoms with Crippen LogP contribution in [0.5, 0.6) is 0 Å². The summed E-state index contributed by atoms with van der Waals surface area (Å²) in [6.07, 6.45) is 0. The number of halogens is 2. The van der Waals surface area contributed by atoms with Gasteiger partial charge in [0.25, 0.3) is 0 Å². The molecule has 1 aromatic rings. The fraction of sp³-hybridized carbons (Fsp3) is 0.333. The summed E-state index contributed by atoms with van der Waals surface area (Å²) in [5.74, 6) is -1.37. The van der Waals surface area contributed by atoms with Crippen molar-refractivity contribution in [1.29, 1.82) is 0 Å². The van der Waals surface area contributed by atoms with Gasteiger partial charge in [-0.2, -0.15) is 0 Å². The minimum absolute atomic E-state index is 0.0192. The quantitative estimate of drug-likeness (QED) is 0.797. The van der Waals surface area contributed by atoms with Gasteiger partial charge in [0.15, 0.2) is 0 Å². The van der Waals surface area contributed by atoms with Gasteiger partial charge in [-0.1, -0.05) is 0 Å². The lowest BCUT2D eigenvalue weighted by molar-refractivity contribution is 0.150. The lowest BCUT2D eigenvalue weighted by atomic mass is 10.2. The maximum atomic E-state index is 12.8. The molecule has 0 fully saturated rings. The molecular weight excluding hydrogens is 222 g/mol. The molecule has 3 nitrogen and oxygen atoms in total. The Hall–Kier alpha value is -0.823. The van der Waals surface area contributed by atoms with Crippen molar-refractivity contribution in [2.75, 3.05) is 14.2 Å². The first-order chi connectivity index (χ1) is 6.99. The van der Waals surface area contributed by atoms with Crippen LogP contribution in [0, 0.1) is 11.6 Å². The molecule has 0 radical (unpaired) electrons. The third-order valence-corrected chi connectivity index (χ3v) is 4.12. The molecule has 0 aliphatic rings. The van der Waals surface area contributed by atoms with E-state index in [1.165, 1.54) is 14.2 Å². The molecule has 6 heteroatoms. The first-order valence-corrected chi connectivity index (χ1v) is 6.24. The molecular formula is C9H12F2O3Si. The van der Waals surface area contributed by atoms with E-state index in [1.54, 1.807) is 0 Å². The van der Waals surface area contributed by atoms with Gasteiger partial charge in [0.1, 0.15) is 11.6 Å². The number of hydrogen-bond acceptors (Lipinski definition) is 3. The van der Waals surface area contributed by atoms with Crippen molar-refractivity contribution in [2.24, 2.45) is 0 Å². The Bertz CT molecular complexity index is 322. The van der Waals surface area contributed by atoms with Gasteiger partial charge in [-0.3, -0.25) is 0 Å². The van der Waals surface area contributed by atoms with Gasteiger partial charge >= 0.3 is 8.80 Å². The Labute approximate surface area is 87.6 Å². The lowest BCUT2D eigenvalue weighted by Gasteiger charge is -2.19. The summed E-state index contributed by atoms with van der Waals surface area (Å²) in [6, 6.07) is 3.02. The van der Waals surface area contributed by atoms with Crippen molar-refractivity contribution >= 4 is 8.80 Å². The second kappa shape index (κ2) is 4.80. The molecule has 84 valence electrons. The summed E-state index contributed by atoms with van der Waals surface area (Å²) >= 11 is 0. The molecule has 0 unspecified atom stereocenters. The van der Waals surface area contributed by atoms with Crippen LogP contribution in [0.15, 0.2) is 18.2 Å². The van der Waals surface area contributed by atoms with Gasteiger partial charge in [0.2, 0.25) is 0 Å². The molecule has 0 saturated heterocycles. The van der Waals surface area contributed by atoms with Crippen LogP contribution in [-0.4, -0.2) is 27.8 Å². The average Bonchev–Trinajstić information content (AvgIpc) is 2.16. The molecule has 0 aliphatic carbocycles. The highest BCUT2D eigenvalue weighted by atomic mass is 28.4. The van der Waals surface area contributed by atoms with E-state index in [9.17, 15) is 13.6 Å². The van der Waals surface area contributed by atoms with Gasteiger partial charge in [-0.15, -0.1) is 0 Å². The second-order valence-electron chi connectivity index (χ2n) is 3.08. The summed E-state index contributed by atoms with van der Waals surface area (Å²) in [5.41, 5.74) is 0.311. The van der Waals surface area contributed by atoms with Crippen LogP contribution in [0.2, 0.25) is 0 Å². The fourth-order valence-electron chi connectivity index (χ4n) is 1.20. The van der Waals surface area contributed by atoms with E-state index in [2.05, 4.69) is 0 Å². The molecule has 1 aromatic carbocycles. The maximum Gasteiger partial charge on any atom is 0.502 e. The first kappa shape index (κ1) is 12.2. The van der Waals surface area contributed by atoms with Crippen molar-refractivity contribution < 1.29 is 22.4 Å². The van der Waals surface area contributed by atoms with Crippen LogP contribution in [0.1, 0.15) is 5.56 Å². The van der Waals surface area contributed by atoms with E-state index < -0.39 is 20.4 Å². The van der Waals surface area contributed by atoms with E-state index in [0.29, 0.717) is 5.56 Å². The van der Waals surface area contributed by atoms with Crippen LogP contribution >= 0.6 is 0 Å². The van der Waals surface area contributed by atoms with Crippen LogP contribution in [0.25, 0.3) is 0 Å². The summed E-state index contributed by atoms with van der Waals surface area (Å²) in [6.45, 7) is 0. The SMILES string of the molecule is CO[Si](O)(Cc1cc(F)cc(F)c1)OC. The highest BCUT2D eigenvalue weighted by molar-refractivity contribution is 6.58. The molecule has 0 heterocycles. The zero-order valence-corrected chi connectivity index (χ0v) is 9.46. The van der Waals surface area contributed by atoms with Crippen LogP contribution < -0.4 is 0 Å². The van der Waals surface area contributed by atoms with E-state index in [-0.39, 0.29) is 6.04 Å². The van der Waals surface area contributed by atoms with E-state index in [4.69, 9.17) is 8.85 Å². The van der Waals surface area contributed by atoms with Crippen molar-refractivity contribution in [1.82, 2.24) is 0 Å². The van der Waals surface area contributed by atoms with Gasteiger partial charge in [-0.25, -0.2) is 8.78 Å². The topological polar surface area (TPSA) is 38.7 Å². The van der Waals surface area contributed by atoms with Crippen molar-refractivity contribution in [3.63, 3.8) is 0 Å². The van der Waals surface area contributed by atoms with Crippen molar-refractivity contribution in [3.05, 3.63) is 35.4 Å². The van der Waals surface area contributed by atoms with Gasteiger partial charge in [-0.05, 0) is 17.7 Å². The van der Waals surface area contributed by atoms with Gasteiger partial charge in [0.05, 0.1) is 0 Å². The minimum Gasteiger partial charge on any atom is -0.390 e. The Kier molecular flexibility index (Phi) is 3.92. The molecule has 0 atom stereocenters. The molecule has 0 aromatic heterocycles. The third kappa shape index (κ3) is 3.35. The van der Waals surface area contributed by atoms with Crippen molar-refractivity contribution in [3.8, 4) is 0 Å². The van der Waals surface area contributed by atoms with E-state index in [0.717, 1.165) is 18.2 Å². The third-order valence-electron chi connectivity index (χ3n) is 1.99. The predicted octanol–water partition coefficient (Wildman–Crippen LogP) is 1.27. The smallest absolute Gasteiger partial charge is 0.390 e. The Balaban J connectivity index is 2.88. The Morgan fingerprint density at radius 2 is 1.60 bits per heavy atom. The van der Waals surface area contributed by atoms with Gasteiger partial charge < -0.3 is 13.6 Å². The van der Waals surface area contributed by atoms with Gasteiger partial charge in [0, 0.05) is 26.3 Å². The standard InChI is InChI=1S/C9H12F2O3Si/c1-13-15(12,14-2)6-7-3-8(10)5-9(11)4-7/h3-5,12H,6H2,1-2H3. The lowest BCUT2D eigenvalue weighted by Crippen LogP contribution is -2.43. The maximum absolute atomic E-state index is 12.8. The van der Waals surface area contributed by atoms with E-state index in [1.807, 2.05) is 0 Å². The zero-order chi connectivity index (χ0) is 11.5. The highest BCUT2D eigenvalue weighted by Gasteiger charge is 2.34. The average molecular weight is 234 g/mol. The number of rotatable bonds is 4. The Morgan fingerprint density at radius 3 is 2.00 bits per heavy atom. The second-order valence-corrected chi connectivity index (χ2v) is 5.67. The molecule has 1 rings (SSSR count). The summed E-state index contributed by atoms with van der Waals surface area (Å²) in [4.78, 5) is 9.71. The molecule has 1 N–H and O–H groups in total. The van der Waals surface area contributed by atoms with Crippen LogP contribution in [0.3, 0.4) is 0 Å². The summed E-state index contributed by atoms with van der Waals surface area (Å²) in [5, 5.41) is 0. The summed E-state index contributed by atoms with van der Waals surface area (Å²) in [7, 11) is -0.723. The molecule has 15 heavy (non-hydrogen) atoms. The van der Waals surface area contributed by atoms with E-state index >= 15 is 0 Å². The van der Waals surface area contributed by atoms with Crippen molar-refractivity contribution in [2.45, 2.75) is 6.04 Å². The summed E-state index contributed by atoms with van der Waals surface area (Å²) < 4.78 is 35.2. The predicted molar refractivity (Wildman–Crippen MR) is 52.1 cm³/mol. The first-order valence-electron chi connectivity index (χ1n) is 4.27. The fourth-order valence-corrected chi connectivity index (χ4v) is 2.37. The number of hydrogen-bond donors (Lipinski definition) is 1.